The Hall–Kier alpha value is -3.93. The molecule has 27 heavy (non-hydrogen) atoms. The van der Waals surface area contributed by atoms with Crippen molar-refractivity contribution in [3.05, 3.63) is 102 Å². The molecule has 0 radical (unpaired) electrons. The number of hydrogen-bond donors (Lipinski definition) is 2. The minimum Gasteiger partial charge on any atom is -0.376 e. The van der Waals surface area contributed by atoms with E-state index in [9.17, 15) is 5.11 Å². The van der Waals surface area contributed by atoms with E-state index in [2.05, 4.69) is 10.5 Å². The van der Waals surface area contributed by atoms with Crippen molar-refractivity contribution in [1.29, 1.82) is 10.5 Å². The fraction of sp³-hybridized carbons (Fsp3) is 0.0455. The Morgan fingerprint density at radius 2 is 1.26 bits per heavy atom. The molecule has 0 bridgehead atoms. The molecule has 3 rings (SSSR count). The predicted octanol–water partition coefficient (Wildman–Crippen LogP) is 3.79. The Balaban J connectivity index is 2.20. The molecular formula is C22H16N4O. The summed E-state index contributed by atoms with van der Waals surface area (Å²) in [5.74, 6) is 0. The lowest BCUT2D eigenvalue weighted by Gasteiger charge is -2.31. The standard InChI is InChI=1S/C22H16N4O/c23-15-19(16-24)25-26-21-14-8-7-13-20(21)22(27,17-9-3-1-4-10-17)18-11-5-2-6-12-18/h1-14,26-27H. The van der Waals surface area contributed by atoms with Crippen LogP contribution in [0.2, 0.25) is 0 Å². The molecule has 5 nitrogen and oxygen atoms in total. The van der Waals surface area contributed by atoms with Gasteiger partial charge in [0.2, 0.25) is 5.71 Å². The number of hydrazone groups is 1. The molecule has 0 aliphatic carbocycles. The lowest BCUT2D eigenvalue weighted by atomic mass is 9.79. The van der Waals surface area contributed by atoms with Crippen LogP contribution in [-0.2, 0) is 5.60 Å². The number of benzene rings is 3. The third-order valence-electron chi connectivity index (χ3n) is 4.20. The molecule has 130 valence electrons. The number of hydrogen-bond acceptors (Lipinski definition) is 5. The summed E-state index contributed by atoms with van der Waals surface area (Å²) >= 11 is 0. The Bertz CT molecular complexity index is 976. The van der Waals surface area contributed by atoms with Gasteiger partial charge in [0, 0.05) is 5.56 Å². The van der Waals surface area contributed by atoms with Crippen molar-refractivity contribution in [3.8, 4) is 12.1 Å². The molecule has 0 aliphatic heterocycles. The summed E-state index contributed by atoms with van der Waals surface area (Å²) in [6.07, 6.45) is 0. The molecule has 3 aromatic carbocycles. The van der Waals surface area contributed by atoms with E-state index in [1.54, 1.807) is 30.3 Å². The van der Waals surface area contributed by atoms with Gasteiger partial charge in [-0.05, 0) is 17.2 Å². The molecule has 5 heteroatoms. The molecule has 0 aromatic heterocycles. The van der Waals surface area contributed by atoms with Gasteiger partial charge in [0.25, 0.3) is 0 Å². The molecule has 0 amide bonds. The molecule has 0 fully saturated rings. The number of rotatable bonds is 5. The van der Waals surface area contributed by atoms with Gasteiger partial charge in [0.15, 0.2) is 0 Å². The van der Waals surface area contributed by atoms with E-state index in [4.69, 9.17) is 10.5 Å². The minimum absolute atomic E-state index is 0.298. The molecule has 3 aromatic rings. The van der Waals surface area contributed by atoms with Crippen molar-refractivity contribution in [3.63, 3.8) is 0 Å². The molecule has 0 spiro atoms. The van der Waals surface area contributed by atoms with Crippen LogP contribution in [0.15, 0.2) is 90.0 Å². The average Bonchev–Trinajstić information content (AvgIpc) is 2.75. The topological polar surface area (TPSA) is 92.2 Å². The van der Waals surface area contributed by atoms with Crippen LogP contribution in [0, 0.1) is 22.7 Å². The van der Waals surface area contributed by atoms with Gasteiger partial charge in [-0.15, -0.1) is 0 Å². The number of para-hydroxylation sites is 1. The van der Waals surface area contributed by atoms with Gasteiger partial charge in [-0.2, -0.15) is 15.6 Å². The Morgan fingerprint density at radius 3 is 1.78 bits per heavy atom. The van der Waals surface area contributed by atoms with Crippen molar-refractivity contribution in [2.24, 2.45) is 5.10 Å². The van der Waals surface area contributed by atoms with E-state index in [1.165, 1.54) is 0 Å². The largest absolute Gasteiger partial charge is 0.376 e. The second kappa shape index (κ2) is 7.97. The number of nitrogens with one attached hydrogen (secondary N) is 1. The second-order valence-electron chi connectivity index (χ2n) is 5.78. The normalized spacial score (nSPS) is 10.3. The van der Waals surface area contributed by atoms with Gasteiger partial charge in [0.1, 0.15) is 17.7 Å². The summed E-state index contributed by atoms with van der Waals surface area (Å²) in [6.45, 7) is 0. The van der Waals surface area contributed by atoms with Gasteiger partial charge in [-0.3, -0.25) is 5.43 Å². The summed E-state index contributed by atoms with van der Waals surface area (Å²) in [4.78, 5) is 0. The highest BCUT2D eigenvalue weighted by Gasteiger charge is 2.35. The van der Waals surface area contributed by atoms with E-state index in [0.717, 1.165) is 0 Å². The summed E-state index contributed by atoms with van der Waals surface area (Å²) in [5, 5.41) is 33.5. The fourth-order valence-electron chi connectivity index (χ4n) is 2.92. The number of aliphatic hydroxyl groups is 1. The molecule has 2 N–H and O–H groups in total. The van der Waals surface area contributed by atoms with Gasteiger partial charge in [-0.25, -0.2) is 0 Å². The third kappa shape index (κ3) is 3.55. The number of nitrogens with zero attached hydrogens (tertiary/aromatic N) is 3. The molecule has 0 saturated heterocycles. The van der Waals surface area contributed by atoms with E-state index in [-0.39, 0.29) is 5.71 Å². The highest BCUT2D eigenvalue weighted by Crippen LogP contribution is 2.40. The molecule has 0 unspecified atom stereocenters. The Morgan fingerprint density at radius 1 is 0.778 bits per heavy atom. The summed E-state index contributed by atoms with van der Waals surface area (Å²) in [7, 11) is 0. The van der Waals surface area contributed by atoms with Gasteiger partial charge in [-0.1, -0.05) is 78.9 Å². The van der Waals surface area contributed by atoms with E-state index >= 15 is 0 Å². The maximum Gasteiger partial charge on any atom is 0.237 e. The van der Waals surface area contributed by atoms with Crippen LogP contribution in [0.5, 0.6) is 0 Å². The van der Waals surface area contributed by atoms with E-state index in [0.29, 0.717) is 22.4 Å². The smallest absolute Gasteiger partial charge is 0.237 e. The lowest BCUT2D eigenvalue weighted by molar-refractivity contribution is 0.126. The third-order valence-corrected chi connectivity index (χ3v) is 4.20. The van der Waals surface area contributed by atoms with Crippen molar-refractivity contribution < 1.29 is 5.11 Å². The van der Waals surface area contributed by atoms with Crippen LogP contribution < -0.4 is 5.43 Å². The molecular weight excluding hydrogens is 336 g/mol. The number of anilines is 1. The van der Waals surface area contributed by atoms with Crippen molar-refractivity contribution in [2.45, 2.75) is 5.60 Å². The Labute approximate surface area is 157 Å². The molecule has 0 aliphatic rings. The van der Waals surface area contributed by atoms with Crippen LogP contribution in [0.1, 0.15) is 16.7 Å². The molecule has 0 heterocycles. The van der Waals surface area contributed by atoms with Crippen LogP contribution in [0.25, 0.3) is 0 Å². The highest BCUT2D eigenvalue weighted by atomic mass is 16.3. The van der Waals surface area contributed by atoms with E-state index in [1.807, 2.05) is 66.7 Å². The highest BCUT2D eigenvalue weighted by molar-refractivity contribution is 6.10. The second-order valence-corrected chi connectivity index (χ2v) is 5.78. The maximum absolute atomic E-state index is 11.9. The predicted molar refractivity (Wildman–Crippen MR) is 104 cm³/mol. The first kappa shape index (κ1) is 17.9. The first-order chi connectivity index (χ1) is 13.2. The molecule has 0 atom stereocenters. The Kier molecular flexibility index (Phi) is 5.28. The van der Waals surface area contributed by atoms with Crippen LogP contribution >= 0.6 is 0 Å². The SMILES string of the molecule is N#CC(C#N)=NNc1ccccc1C(O)(c1ccccc1)c1ccccc1. The van der Waals surface area contributed by atoms with Crippen molar-refractivity contribution in [1.82, 2.24) is 0 Å². The number of nitriles is 2. The van der Waals surface area contributed by atoms with Crippen molar-refractivity contribution in [2.75, 3.05) is 5.43 Å². The van der Waals surface area contributed by atoms with Gasteiger partial charge in [0.05, 0.1) is 5.69 Å². The zero-order valence-electron chi connectivity index (χ0n) is 14.4. The lowest BCUT2D eigenvalue weighted by Crippen LogP contribution is -2.29. The maximum atomic E-state index is 11.9. The van der Waals surface area contributed by atoms with E-state index < -0.39 is 5.60 Å². The monoisotopic (exact) mass is 352 g/mol. The first-order valence-electron chi connectivity index (χ1n) is 8.27. The fourth-order valence-corrected chi connectivity index (χ4v) is 2.92. The van der Waals surface area contributed by atoms with Crippen LogP contribution in [-0.4, -0.2) is 10.8 Å². The van der Waals surface area contributed by atoms with Gasteiger partial charge < -0.3 is 5.11 Å². The average molecular weight is 352 g/mol. The van der Waals surface area contributed by atoms with Gasteiger partial charge >= 0.3 is 0 Å². The summed E-state index contributed by atoms with van der Waals surface area (Å²) < 4.78 is 0. The van der Waals surface area contributed by atoms with Crippen LogP contribution in [0.3, 0.4) is 0 Å². The first-order valence-corrected chi connectivity index (χ1v) is 8.27. The zero-order valence-corrected chi connectivity index (χ0v) is 14.4. The quantitative estimate of drug-likeness (QED) is 0.415. The summed E-state index contributed by atoms with van der Waals surface area (Å²) in [6, 6.07) is 29.2. The summed E-state index contributed by atoms with van der Waals surface area (Å²) in [5.41, 5.74) is 3.43. The minimum atomic E-state index is -1.44. The van der Waals surface area contributed by atoms with Crippen molar-refractivity contribution >= 4 is 11.4 Å². The van der Waals surface area contributed by atoms with Crippen LogP contribution in [0.4, 0.5) is 5.69 Å². The molecule has 0 saturated carbocycles. The zero-order chi connectivity index (χ0) is 19.1.